The number of nitrogens with zero attached hydrogens (tertiary/aromatic N) is 2. The Morgan fingerprint density at radius 2 is 1.95 bits per heavy atom. The lowest BCUT2D eigenvalue weighted by atomic mass is 9.99. The minimum Gasteiger partial charge on any atom is -0.377 e. The van der Waals surface area contributed by atoms with E-state index in [1.807, 2.05) is 13.0 Å². The van der Waals surface area contributed by atoms with E-state index >= 15 is 0 Å². The van der Waals surface area contributed by atoms with Crippen LogP contribution in [0.3, 0.4) is 0 Å². The molecule has 0 fully saturated rings. The van der Waals surface area contributed by atoms with Gasteiger partial charge in [-0.2, -0.15) is 0 Å². The van der Waals surface area contributed by atoms with E-state index < -0.39 is 0 Å². The van der Waals surface area contributed by atoms with Crippen molar-refractivity contribution in [2.24, 2.45) is 5.73 Å². The SMILES string of the molecule is Cc1nc2c(C)c(Cl)ccc2c(N(C)C)c1CCCN. The van der Waals surface area contributed by atoms with Gasteiger partial charge in [-0.3, -0.25) is 4.98 Å². The second-order valence-electron chi connectivity index (χ2n) is 5.38. The summed E-state index contributed by atoms with van der Waals surface area (Å²) >= 11 is 6.23. The molecule has 0 radical (unpaired) electrons. The van der Waals surface area contributed by atoms with Crippen LogP contribution in [0.4, 0.5) is 5.69 Å². The fourth-order valence-electron chi connectivity index (χ4n) is 2.67. The van der Waals surface area contributed by atoms with E-state index in [0.29, 0.717) is 6.54 Å². The molecule has 0 aliphatic carbocycles. The Morgan fingerprint density at radius 1 is 1.25 bits per heavy atom. The van der Waals surface area contributed by atoms with Gasteiger partial charge in [-0.15, -0.1) is 0 Å². The molecule has 0 saturated heterocycles. The van der Waals surface area contributed by atoms with Crippen molar-refractivity contribution in [3.8, 4) is 0 Å². The number of hydrogen-bond donors (Lipinski definition) is 1. The lowest BCUT2D eigenvalue weighted by molar-refractivity contribution is 0.820. The fourth-order valence-corrected chi connectivity index (χ4v) is 2.82. The third-order valence-electron chi connectivity index (χ3n) is 3.70. The average Bonchev–Trinajstić information content (AvgIpc) is 2.40. The zero-order valence-electron chi connectivity index (χ0n) is 12.6. The number of aryl methyl sites for hydroxylation is 2. The Bertz CT molecular complexity index is 635. The molecule has 0 aliphatic heterocycles. The maximum Gasteiger partial charge on any atom is 0.0770 e. The Hall–Kier alpha value is -1.32. The molecule has 20 heavy (non-hydrogen) atoms. The molecule has 2 rings (SSSR count). The summed E-state index contributed by atoms with van der Waals surface area (Å²) in [6.45, 7) is 4.79. The smallest absolute Gasteiger partial charge is 0.0770 e. The van der Waals surface area contributed by atoms with E-state index in [9.17, 15) is 0 Å². The lowest BCUT2D eigenvalue weighted by Gasteiger charge is -2.22. The van der Waals surface area contributed by atoms with Crippen molar-refractivity contribution < 1.29 is 0 Å². The zero-order valence-corrected chi connectivity index (χ0v) is 13.4. The van der Waals surface area contributed by atoms with E-state index in [1.54, 1.807) is 0 Å². The minimum atomic E-state index is 0.698. The number of anilines is 1. The van der Waals surface area contributed by atoms with Gasteiger partial charge < -0.3 is 10.6 Å². The predicted molar refractivity (Wildman–Crippen MR) is 87.9 cm³/mol. The molecular weight excluding hydrogens is 270 g/mol. The molecule has 4 heteroatoms. The molecule has 0 amide bonds. The van der Waals surface area contributed by atoms with Gasteiger partial charge in [0.15, 0.2) is 0 Å². The van der Waals surface area contributed by atoms with E-state index in [4.69, 9.17) is 22.3 Å². The molecule has 3 nitrogen and oxygen atoms in total. The van der Waals surface area contributed by atoms with Crippen LogP contribution in [0.2, 0.25) is 5.02 Å². The highest BCUT2D eigenvalue weighted by atomic mass is 35.5. The molecular formula is C16H22ClN3. The summed E-state index contributed by atoms with van der Waals surface area (Å²) in [4.78, 5) is 6.94. The van der Waals surface area contributed by atoms with Gasteiger partial charge in [-0.05, 0) is 56.5 Å². The van der Waals surface area contributed by atoms with Crippen LogP contribution in [0, 0.1) is 13.8 Å². The first-order valence-electron chi connectivity index (χ1n) is 6.93. The van der Waals surface area contributed by atoms with Crippen LogP contribution in [-0.4, -0.2) is 25.6 Å². The van der Waals surface area contributed by atoms with Crippen LogP contribution < -0.4 is 10.6 Å². The number of hydrogen-bond acceptors (Lipinski definition) is 3. The van der Waals surface area contributed by atoms with E-state index in [-0.39, 0.29) is 0 Å². The van der Waals surface area contributed by atoms with Crippen molar-refractivity contribution in [2.45, 2.75) is 26.7 Å². The van der Waals surface area contributed by atoms with Gasteiger partial charge in [0.2, 0.25) is 0 Å². The van der Waals surface area contributed by atoms with Crippen LogP contribution in [0.25, 0.3) is 10.9 Å². The minimum absolute atomic E-state index is 0.698. The first-order chi connectivity index (χ1) is 9.47. The average molecular weight is 292 g/mol. The van der Waals surface area contributed by atoms with Crippen molar-refractivity contribution in [1.29, 1.82) is 0 Å². The normalized spacial score (nSPS) is 11.1. The second kappa shape index (κ2) is 5.98. The van der Waals surface area contributed by atoms with Crippen LogP contribution in [0.15, 0.2) is 12.1 Å². The molecule has 0 atom stereocenters. The summed E-state index contributed by atoms with van der Waals surface area (Å²) in [5.41, 5.74) is 11.3. The molecule has 108 valence electrons. The van der Waals surface area contributed by atoms with Crippen molar-refractivity contribution in [2.75, 3.05) is 25.5 Å². The van der Waals surface area contributed by atoms with Crippen LogP contribution in [0.1, 0.15) is 23.2 Å². The van der Waals surface area contributed by atoms with E-state index in [0.717, 1.165) is 40.0 Å². The van der Waals surface area contributed by atoms with Gasteiger partial charge >= 0.3 is 0 Å². The maximum atomic E-state index is 6.23. The van der Waals surface area contributed by atoms with Crippen molar-refractivity contribution in [3.05, 3.63) is 34.0 Å². The van der Waals surface area contributed by atoms with Crippen LogP contribution in [0.5, 0.6) is 0 Å². The molecule has 2 aromatic rings. The summed E-state index contributed by atoms with van der Waals surface area (Å²) in [6, 6.07) is 4.02. The molecule has 0 bridgehead atoms. The molecule has 1 aromatic heterocycles. The lowest BCUT2D eigenvalue weighted by Crippen LogP contribution is -2.15. The first-order valence-corrected chi connectivity index (χ1v) is 7.30. The van der Waals surface area contributed by atoms with Gasteiger partial charge in [0.25, 0.3) is 0 Å². The first kappa shape index (κ1) is 15.1. The van der Waals surface area contributed by atoms with Gasteiger partial charge in [0, 0.05) is 30.2 Å². The number of fused-ring (bicyclic) bond motifs is 1. The summed E-state index contributed by atoms with van der Waals surface area (Å²) < 4.78 is 0. The monoisotopic (exact) mass is 291 g/mol. The molecule has 0 saturated carbocycles. The standard InChI is InChI=1S/C16H22ClN3/c1-10-14(17)8-7-13-15(10)19-11(2)12(6-5-9-18)16(13)20(3)4/h7-8H,5-6,9,18H2,1-4H3. The largest absolute Gasteiger partial charge is 0.377 e. The van der Waals surface area contributed by atoms with Crippen molar-refractivity contribution >= 4 is 28.2 Å². The van der Waals surface area contributed by atoms with Gasteiger partial charge in [0.05, 0.1) is 11.2 Å². The summed E-state index contributed by atoms with van der Waals surface area (Å²) in [5.74, 6) is 0. The van der Waals surface area contributed by atoms with E-state index in [2.05, 4.69) is 32.0 Å². The molecule has 1 aromatic carbocycles. The van der Waals surface area contributed by atoms with Crippen LogP contribution >= 0.6 is 11.6 Å². The topological polar surface area (TPSA) is 42.2 Å². The fraction of sp³-hybridized carbons (Fsp3) is 0.438. The highest BCUT2D eigenvalue weighted by Gasteiger charge is 2.16. The number of nitrogens with two attached hydrogens (primary N) is 1. The highest BCUT2D eigenvalue weighted by Crippen LogP contribution is 2.34. The summed E-state index contributed by atoms with van der Waals surface area (Å²) in [5, 5.41) is 1.93. The summed E-state index contributed by atoms with van der Waals surface area (Å²) in [7, 11) is 4.15. The third-order valence-corrected chi connectivity index (χ3v) is 4.11. The van der Waals surface area contributed by atoms with Crippen LogP contribution in [-0.2, 0) is 6.42 Å². The molecule has 0 spiro atoms. The van der Waals surface area contributed by atoms with Gasteiger partial charge in [-0.25, -0.2) is 0 Å². The highest BCUT2D eigenvalue weighted by molar-refractivity contribution is 6.32. The number of rotatable bonds is 4. The maximum absolute atomic E-state index is 6.23. The second-order valence-corrected chi connectivity index (χ2v) is 5.79. The molecule has 2 N–H and O–H groups in total. The quantitative estimate of drug-likeness (QED) is 0.938. The summed E-state index contributed by atoms with van der Waals surface area (Å²) in [6.07, 6.45) is 1.93. The molecule has 0 unspecified atom stereocenters. The number of aromatic nitrogens is 1. The predicted octanol–water partition coefficient (Wildman–Crippen LogP) is 3.46. The Labute approximate surface area is 125 Å². The Morgan fingerprint density at radius 3 is 2.55 bits per heavy atom. The molecule has 1 heterocycles. The third kappa shape index (κ3) is 2.60. The van der Waals surface area contributed by atoms with E-state index in [1.165, 1.54) is 11.3 Å². The molecule has 0 aliphatic rings. The number of halogens is 1. The van der Waals surface area contributed by atoms with Gasteiger partial charge in [0.1, 0.15) is 0 Å². The van der Waals surface area contributed by atoms with Crippen molar-refractivity contribution in [3.63, 3.8) is 0 Å². The Balaban J connectivity index is 2.78. The number of pyridine rings is 1. The zero-order chi connectivity index (χ0) is 14.9. The van der Waals surface area contributed by atoms with Crippen molar-refractivity contribution in [1.82, 2.24) is 4.98 Å². The number of benzene rings is 1. The van der Waals surface area contributed by atoms with Gasteiger partial charge in [-0.1, -0.05) is 11.6 Å². The Kier molecular flexibility index (Phi) is 4.51.